The van der Waals surface area contributed by atoms with E-state index in [2.05, 4.69) is 42.0 Å². The number of fused-ring (bicyclic) bond motifs is 2. The number of amides is 2. The van der Waals surface area contributed by atoms with Crippen LogP contribution in [0, 0.1) is 13.8 Å². The average Bonchev–Trinajstić information content (AvgIpc) is 3.64. The van der Waals surface area contributed by atoms with Gasteiger partial charge in [0.15, 0.2) is 12.2 Å². The molecule has 0 fully saturated rings. The van der Waals surface area contributed by atoms with Crippen molar-refractivity contribution in [2.45, 2.75) is 73.0 Å². The summed E-state index contributed by atoms with van der Waals surface area (Å²) in [6, 6.07) is 22.0. The first-order chi connectivity index (χ1) is 39.2. The molecule has 4 aromatic carbocycles. The Morgan fingerprint density at radius 1 is 0.524 bits per heavy atom. The number of benzene rings is 4. The Kier molecular flexibility index (Phi) is 26.8. The zero-order chi connectivity index (χ0) is 59.4. The first kappa shape index (κ1) is 66.9. The highest BCUT2D eigenvalue weighted by Gasteiger charge is 2.37. The van der Waals surface area contributed by atoms with Crippen LogP contribution in [-0.2, 0) is 71.1 Å². The number of nitrogens with zero attached hydrogens (tertiary/aromatic N) is 2. The van der Waals surface area contributed by atoms with E-state index >= 15 is 0 Å². The summed E-state index contributed by atoms with van der Waals surface area (Å²) in [6.07, 6.45) is -8.80. The normalized spacial score (nSPS) is 17.4. The van der Waals surface area contributed by atoms with Crippen molar-refractivity contribution in [2.75, 3.05) is 133 Å². The molecule has 2 aliphatic heterocycles. The maximum absolute atomic E-state index is 13.2. The number of carbonyl (C=O) groups excluding carboxylic acids is 2. The van der Waals surface area contributed by atoms with Crippen LogP contribution in [0.15, 0.2) is 82.6 Å². The van der Waals surface area contributed by atoms with Gasteiger partial charge in [0.25, 0.3) is 11.8 Å². The highest BCUT2D eigenvalue weighted by molar-refractivity contribution is 7.89. The maximum atomic E-state index is 13.2. The molecule has 6 rings (SSSR count). The second-order valence-electron chi connectivity index (χ2n) is 20.2. The zero-order valence-electron chi connectivity index (χ0n) is 46.7. The summed E-state index contributed by atoms with van der Waals surface area (Å²) in [4.78, 5) is 29.4. The lowest BCUT2D eigenvalue weighted by molar-refractivity contribution is -0.155. The van der Waals surface area contributed by atoms with Gasteiger partial charge in [-0.15, -0.1) is 0 Å². The molecule has 2 aliphatic rings. The van der Waals surface area contributed by atoms with Gasteiger partial charge < -0.3 is 69.3 Å². The molecular weight excluding hydrogens is 1150 g/mol. The molecule has 0 radical (unpaired) electrons. The third kappa shape index (κ3) is 19.9. The number of aliphatic hydroxyl groups excluding tert-OH is 4. The van der Waals surface area contributed by atoms with Gasteiger partial charge in [-0.25, -0.2) is 26.3 Å². The van der Waals surface area contributed by atoms with Crippen molar-refractivity contribution in [1.29, 1.82) is 0 Å². The maximum Gasteiger partial charge on any atom is 0.251 e. The summed E-state index contributed by atoms with van der Waals surface area (Å²) in [5.41, 5.74) is 8.16. The predicted octanol–water partition coefficient (Wildman–Crippen LogP) is 1.80. The molecule has 2 amide bonds. The van der Waals surface area contributed by atoms with Gasteiger partial charge in [0.1, 0.15) is 12.2 Å². The summed E-state index contributed by atoms with van der Waals surface area (Å²) in [7, 11) is -3.60. The number of aryl methyl sites for hydroxylation is 2. The van der Waals surface area contributed by atoms with E-state index in [9.17, 15) is 46.9 Å². The summed E-state index contributed by atoms with van der Waals surface area (Å²) >= 11 is 13.2. The minimum absolute atomic E-state index is 0.00473. The van der Waals surface area contributed by atoms with E-state index in [1.54, 1.807) is 36.4 Å². The number of hydrogen-bond acceptors (Lipinski definition) is 18. The Morgan fingerprint density at radius 2 is 0.854 bits per heavy atom. The lowest BCUT2D eigenvalue weighted by Gasteiger charge is -2.33. The number of ether oxygens (including phenoxy) is 6. The van der Waals surface area contributed by atoms with Gasteiger partial charge in [0.2, 0.25) is 20.0 Å². The number of rotatable bonds is 35. The molecule has 0 spiro atoms. The average molecular weight is 1230 g/mol. The van der Waals surface area contributed by atoms with Crippen molar-refractivity contribution < 1.29 is 75.3 Å². The topological polar surface area (TPSA) is 293 Å². The van der Waals surface area contributed by atoms with Crippen molar-refractivity contribution in [3.05, 3.63) is 127 Å². The molecule has 22 nitrogen and oxygen atoms in total. The van der Waals surface area contributed by atoms with Gasteiger partial charge in [-0.2, -0.15) is 0 Å². The van der Waals surface area contributed by atoms with Crippen molar-refractivity contribution >= 4 is 55.1 Å². The summed E-state index contributed by atoms with van der Waals surface area (Å²) in [5.74, 6) is -2.23. The van der Waals surface area contributed by atoms with Crippen LogP contribution >= 0.6 is 23.2 Å². The van der Waals surface area contributed by atoms with E-state index in [0.717, 1.165) is 70.7 Å². The Morgan fingerprint density at radius 3 is 1.21 bits per heavy atom. The minimum atomic E-state index is -3.81. The van der Waals surface area contributed by atoms with E-state index in [1.807, 2.05) is 52.2 Å². The molecule has 0 unspecified atom stereocenters. The van der Waals surface area contributed by atoms with E-state index < -0.39 is 56.3 Å². The highest BCUT2D eigenvalue weighted by atomic mass is 35.5. The number of likely N-dealkylation sites (N-methyl/N-ethyl adjacent to an activating group) is 2. The highest BCUT2D eigenvalue weighted by Crippen LogP contribution is 2.39. The van der Waals surface area contributed by atoms with E-state index in [1.165, 1.54) is 0 Å². The second kappa shape index (κ2) is 32.9. The van der Waals surface area contributed by atoms with Gasteiger partial charge >= 0.3 is 0 Å². The number of halogens is 2. The van der Waals surface area contributed by atoms with E-state index in [-0.39, 0.29) is 127 Å². The monoisotopic (exact) mass is 1220 g/mol. The van der Waals surface area contributed by atoms with Crippen molar-refractivity contribution in [2.24, 2.45) is 0 Å². The van der Waals surface area contributed by atoms with Gasteiger partial charge in [-0.05, 0) is 109 Å². The zero-order valence-corrected chi connectivity index (χ0v) is 49.8. The van der Waals surface area contributed by atoms with E-state index in [4.69, 9.17) is 51.6 Å². The summed E-state index contributed by atoms with van der Waals surface area (Å²) in [5, 5.41) is 47.2. The number of hydrogen-bond donors (Lipinski definition) is 8. The number of nitrogens with one attached hydrogen (secondary N) is 4. The molecule has 6 atom stereocenters. The number of sulfonamides is 2. The van der Waals surface area contributed by atoms with Crippen LogP contribution in [0.4, 0.5) is 0 Å². The third-order valence-electron chi connectivity index (χ3n) is 13.7. The molecule has 82 heavy (non-hydrogen) atoms. The molecule has 454 valence electrons. The molecule has 26 heteroatoms. The summed E-state index contributed by atoms with van der Waals surface area (Å²) < 4.78 is 90.6. The largest absolute Gasteiger partial charge is 0.387 e. The predicted molar refractivity (Wildman–Crippen MR) is 307 cm³/mol. The van der Waals surface area contributed by atoms with Crippen molar-refractivity contribution in [3.8, 4) is 0 Å². The van der Waals surface area contributed by atoms with Crippen LogP contribution in [0.2, 0.25) is 10.0 Å². The standard InChI is InChI=1S/C56H78Cl2N6O16S2/c1-37-27-43-45(33-63(3)35-47(43)49(57)29-37)39-7-5-9-41(31-39)81(71,72)61-13-17-77-21-25-79-23-19-75-15-11-59-55(69)53(67)51(65)52(66)54(68)56(70)60-12-16-76-20-24-80-26-22-78-18-14-62-82(73,74)42-10-6-8-40(32-42)46-34-64(4)36-48-44(46)28-38(2)30-50(48)58/h5-10,27-32,45-46,51-54,61-62,65-68H,11-26,33-36H2,1-4H3,(H,59,69)(H,60,70)/t45-,46-,51-,52+,53+,54-/m0/s1. The quantitative estimate of drug-likeness (QED) is 0.0305. The third-order valence-corrected chi connectivity index (χ3v) is 17.3. The molecule has 4 aromatic rings. The molecular formula is C56H78Cl2N6O16S2. The number of aliphatic hydroxyl groups is 4. The van der Waals surface area contributed by atoms with Crippen molar-refractivity contribution in [3.63, 3.8) is 0 Å². The Labute approximate surface area is 490 Å². The Hall–Kier alpha value is -4.26. The smallest absolute Gasteiger partial charge is 0.251 e. The molecule has 0 bridgehead atoms. The van der Waals surface area contributed by atoms with Crippen LogP contribution in [0.25, 0.3) is 0 Å². The molecule has 0 aromatic heterocycles. The molecule has 0 saturated carbocycles. The van der Waals surface area contributed by atoms with E-state index in [0.29, 0.717) is 10.0 Å². The fourth-order valence-corrected chi connectivity index (χ4v) is 12.4. The first-order valence-corrected chi connectivity index (χ1v) is 30.8. The molecule has 0 aliphatic carbocycles. The lowest BCUT2D eigenvalue weighted by Crippen LogP contribution is -2.54. The Bertz CT molecular complexity index is 2750. The van der Waals surface area contributed by atoms with Gasteiger partial charge in [-0.1, -0.05) is 59.6 Å². The van der Waals surface area contributed by atoms with Gasteiger partial charge in [0.05, 0.1) is 89.1 Å². The number of carbonyl (C=O) groups is 2. The van der Waals surface area contributed by atoms with Crippen LogP contribution in [0.3, 0.4) is 0 Å². The summed E-state index contributed by atoms with van der Waals surface area (Å²) in [6.45, 7) is 8.49. The fourth-order valence-electron chi connectivity index (χ4n) is 9.54. The van der Waals surface area contributed by atoms with Gasteiger partial charge in [-0.3, -0.25) is 9.59 Å². The van der Waals surface area contributed by atoms with Crippen molar-refractivity contribution in [1.82, 2.24) is 29.9 Å². The lowest BCUT2D eigenvalue weighted by atomic mass is 9.84. The second-order valence-corrected chi connectivity index (χ2v) is 24.5. The van der Waals surface area contributed by atoms with Gasteiger partial charge in [0, 0.05) is 74.2 Å². The molecule has 0 saturated heterocycles. The first-order valence-electron chi connectivity index (χ1n) is 27.0. The van der Waals surface area contributed by atoms with Crippen LogP contribution in [0.5, 0.6) is 0 Å². The van der Waals surface area contributed by atoms with Crippen LogP contribution in [0.1, 0.15) is 56.3 Å². The minimum Gasteiger partial charge on any atom is -0.387 e. The SMILES string of the molecule is Cc1cc(Cl)c2c(c1)[C@H](c1cccc(S(=O)(=O)NCCOCCOCCOCCNC(=O)[C@@H](O)[C@H](O)[C@H](O)[C@@H](O)C(=O)NCCOCCOCCOCCNS(=O)(=O)c3cccc([C@@H]4CN(C)Cc5c(Cl)cc(C)cc54)c3)c1)CN(C)C2. The van der Waals surface area contributed by atoms with Crippen LogP contribution in [-0.4, -0.2) is 216 Å². The van der Waals surface area contributed by atoms with Crippen LogP contribution < -0.4 is 20.1 Å². The molecule has 2 heterocycles. The Balaban J connectivity index is 0.727. The fraction of sp³-hybridized carbons (Fsp3) is 0.536. The molecule has 8 N–H and O–H groups in total.